The normalized spacial score (nSPS) is 10.9. The fourth-order valence-electron chi connectivity index (χ4n) is 0.328. The van der Waals surface area contributed by atoms with Crippen LogP contribution in [0.2, 0.25) is 0 Å². The lowest BCUT2D eigenvalue weighted by Gasteiger charge is -1.97. The summed E-state index contributed by atoms with van der Waals surface area (Å²) in [4.78, 5) is 15.1. The van der Waals surface area contributed by atoms with E-state index in [0.717, 1.165) is 0 Å². The predicted molar refractivity (Wildman–Crippen MR) is 40.0 cm³/mol. The van der Waals surface area contributed by atoms with Gasteiger partial charge in [-0.1, -0.05) is 16.9 Å². The van der Waals surface area contributed by atoms with Crippen LogP contribution in [0.15, 0.2) is 5.16 Å². The Labute approximate surface area is 63.6 Å². The van der Waals surface area contributed by atoms with E-state index in [2.05, 4.69) is 14.7 Å². The van der Waals surface area contributed by atoms with E-state index in [4.69, 9.17) is 0 Å². The summed E-state index contributed by atoms with van der Waals surface area (Å²) in [6, 6.07) is 0. The van der Waals surface area contributed by atoms with Gasteiger partial charge in [-0.2, -0.15) is 0 Å². The Hall–Kier alpha value is -0.710. The fraction of sp³-hybridized carbons (Fsp3) is 0.600. The second kappa shape index (κ2) is 5.10. The summed E-state index contributed by atoms with van der Waals surface area (Å²) in [7, 11) is 2.67. The summed E-state index contributed by atoms with van der Waals surface area (Å²) in [5.74, 6) is -0.477. The molecule has 4 nitrogen and oxygen atoms in total. The molecule has 0 aliphatic heterocycles. The number of oxime groups is 1. The van der Waals surface area contributed by atoms with Crippen molar-refractivity contribution in [3.8, 4) is 0 Å². The molecule has 0 aromatic rings. The molecule has 0 aliphatic rings. The van der Waals surface area contributed by atoms with E-state index in [-0.39, 0.29) is 5.04 Å². The maximum Gasteiger partial charge on any atom is 0.366 e. The molecule has 10 heavy (non-hydrogen) atoms. The molecule has 0 rings (SSSR count). The Kier molecular flexibility index (Phi) is 4.74. The van der Waals surface area contributed by atoms with Gasteiger partial charge in [0.25, 0.3) is 0 Å². The molecule has 0 aromatic heterocycles. The second-order valence-corrected chi connectivity index (χ2v) is 2.07. The predicted octanol–water partition coefficient (Wildman–Crippen LogP) is 0.482. The van der Waals surface area contributed by atoms with Gasteiger partial charge in [0.05, 0.1) is 7.11 Å². The number of rotatable bonds is 1. The van der Waals surface area contributed by atoms with Crippen LogP contribution >= 0.6 is 11.8 Å². The molecule has 0 aliphatic carbocycles. The maximum absolute atomic E-state index is 10.7. The lowest BCUT2D eigenvalue weighted by atomic mass is 10.7. The minimum atomic E-state index is -0.477. The molecule has 0 radical (unpaired) electrons. The number of ether oxygens (including phenoxy) is 1. The van der Waals surface area contributed by atoms with Crippen LogP contribution in [0.3, 0.4) is 0 Å². The third-order valence-electron chi connectivity index (χ3n) is 0.728. The topological polar surface area (TPSA) is 47.9 Å². The zero-order valence-corrected chi connectivity index (χ0v) is 6.90. The summed E-state index contributed by atoms with van der Waals surface area (Å²) in [6.45, 7) is 0. The largest absolute Gasteiger partial charge is 0.464 e. The molecule has 58 valence electrons. The molecular weight excluding hydrogens is 154 g/mol. The molecule has 0 unspecified atom stereocenters. The van der Waals surface area contributed by atoms with Crippen LogP contribution in [0, 0.1) is 0 Å². The van der Waals surface area contributed by atoms with Gasteiger partial charge in [-0.05, 0) is 6.26 Å². The first-order valence-corrected chi connectivity index (χ1v) is 3.72. The van der Waals surface area contributed by atoms with E-state index in [1.165, 1.54) is 26.0 Å². The van der Waals surface area contributed by atoms with Gasteiger partial charge >= 0.3 is 5.97 Å². The zero-order chi connectivity index (χ0) is 7.98. The monoisotopic (exact) mass is 163 g/mol. The average Bonchev–Trinajstić information content (AvgIpc) is 1.99. The highest BCUT2D eigenvalue weighted by Crippen LogP contribution is 1.99. The van der Waals surface area contributed by atoms with Gasteiger partial charge in [0.15, 0.2) is 0 Å². The number of esters is 1. The Bertz CT molecular complexity index is 146. The van der Waals surface area contributed by atoms with Crippen molar-refractivity contribution in [2.45, 2.75) is 0 Å². The third-order valence-corrected chi connectivity index (χ3v) is 1.36. The van der Waals surface area contributed by atoms with E-state index in [1.54, 1.807) is 6.26 Å². The number of carbonyl (C=O) groups excluding carboxylic acids is 1. The molecular formula is C5H9NO3S. The van der Waals surface area contributed by atoms with E-state index >= 15 is 0 Å². The number of thioether (sulfide) groups is 1. The summed E-state index contributed by atoms with van der Waals surface area (Å²) < 4.78 is 4.39. The number of carbonyl (C=O) groups is 1. The van der Waals surface area contributed by atoms with Crippen LogP contribution in [0.4, 0.5) is 0 Å². The molecule has 0 N–H and O–H groups in total. The van der Waals surface area contributed by atoms with Crippen LogP contribution < -0.4 is 0 Å². The molecule has 0 amide bonds. The highest BCUT2D eigenvalue weighted by molar-refractivity contribution is 8.15. The molecule has 5 heteroatoms. The van der Waals surface area contributed by atoms with Gasteiger partial charge in [0.1, 0.15) is 7.11 Å². The van der Waals surface area contributed by atoms with Crippen molar-refractivity contribution in [3.05, 3.63) is 0 Å². The van der Waals surface area contributed by atoms with Gasteiger partial charge < -0.3 is 9.57 Å². The highest BCUT2D eigenvalue weighted by Gasteiger charge is 2.09. The van der Waals surface area contributed by atoms with Crippen molar-refractivity contribution in [1.82, 2.24) is 0 Å². The maximum atomic E-state index is 10.7. The standard InChI is InChI=1S/C5H9NO3S/c1-8-5(7)4(10-3)6-9-2/h1-3H3/b6-4-. The summed E-state index contributed by atoms with van der Waals surface area (Å²) in [5.41, 5.74) is 0. The molecule has 0 fully saturated rings. The van der Waals surface area contributed by atoms with Crippen LogP contribution in [-0.4, -0.2) is 31.5 Å². The molecule has 0 aromatic carbocycles. The van der Waals surface area contributed by atoms with E-state index in [9.17, 15) is 4.79 Å². The van der Waals surface area contributed by atoms with Gasteiger partial charge in [-0.25, -0.2) is 4.79 Å². The summed E-state index contributed by atoms with van der Waals surface area (Å²) in [5, 5.41) is 3.63. The lowest BCUT2D eigenvalue weighted by Crippen LogP contribution is -2.11. The van der Waals surface area contributed by atoms with Crippen molar-refractivity contribution in [1.29, 1.82) is 0 Å². The first-order valence-electron chi connectivity index (χ1n) is 2.49. The fourth-order valence-corrected chi connectivity index (χ4v) is 0.727. The number of hydrogen-bond donors (Lipinski definition) is 0. The molecule has 0 spiro atoms. The first kappa shape index (κ1) is 9.29. The Morgan fingerprint density at radius 3 is 2.40 bits per heavy atom. The molecule has 0 saturated heterocycles. The van der Waals surface area contributed by atoms with Crippen molar-refractivity contribution < 1.29 is 14.4 Å². The van der Waals surface area contributed by atoms with Crippen molar-refractivity contribution in [2.24, 2.45) is 5.16 Å². The van der Waals surface area contributed by atoms with Crippen molar-refractivity contribution >= 4 is 22.8 Å². The Morgan fingerprint density at radius 1 is 1.50 bits per heavy atom. The van der Waals surface area contributed by atoms with Crippen LogP contribution in [0.5, 0.6) is 0 Å². The quantitative estimate of drug-likeness (QED) is 0.244. The van der Waals surface area contributed by atoms with Gasteiger partial charge in [-0.15, -0.1) is 0 Å². The number of hydrogen-bond acceptors (Lipinski definition) is 5. The minimum Gasteiger partial charge on any atom is -0.464 e. The minimum absolute atomic E-state index is 0.213. The average molecular weight is 163 g/mol. The zero-order valence-electron chi connectivity index (χ0n) is 6.08. The number of nitrogens with zero attached hydrogens (tertiary/aromatic N) is 1. The second-order valence-electron chi connectivity index (χ2n) is 1.27. The highest BCUT2D eigenvalue weighted by atomic mass is 32.2. The molecule has 0 bridgehead atoms. The summed E-state index contributed by atoms with van der Waals surface area (Å²) >= 11 is 1.18. The Balaban J connectivity index is 4.06. The van der Waals surface area contributed by atoms with Crippen molar-refractivity contribution in [2.75, 3.05) is 20.5 Å². The first-order chi connectivity index (χ1) is 4.76. The van der Waals surface area contributed by atoms with Crippen LogP contribution in [-0.2, 0) is 14.4 Å². The SMILES string of the molecule is CO/N=C(\SC)C(=O)OC. The third kappa shape index (κ3) is 2.72. The van der Waals surface area contributed by atoms with Crippen LogP contribution in [0.25, 0.3) is 0 Å². The van der Waals surface area contributed by atoms with E-state index in [1.807, 2.05) is 0 Å². The summed E-state index contributed by atoms with van der Waals surface area (Å²) in [6.07, 6.45) is 1.72. The van der Waals surface area contributed by atoms with Gasteiger partial charge in [-0.3, -0.25) is 0 Å². The van der Waals surface area contributed by atoms with E-state index in [0.29, 0.717) is 0 Å². The van der Waals surface area contributed by atoms with Crippen LogP contribution in [0.1, 0.15) is 0 Å². The van der Waals surface area contributed by atoms with Crippen molar-refractivity contribution in [3.63, 3.8) is 0 Å². The lowest BCUT2D eigenvalue weighted by molar-refractivity contribution is -0.132. The van der Waals surface area contributed by atoms with Gasteiger partial charge in [0.2, 0.25) is 5.04 Å². The van der Waals surface area contributed by atoms with E-state index < -0.39 is 5.97 Å². The molecule has 0 atom stereocenters. The molecule has 0 saturated carbocycles. The molecule has 0 heterocycles. The Morgan fingerprint density at radius 2 is 2.10 bits per heavy atom. The van der Waals surface area contributed by atoms with Gasteiger partial charge in [0, 0.05) is 0 Å². The smallest absolute Gasteiger partial charge is 0.366 e. The number of methoxy groups -OCH3 is 1.